The number of fused-ring (bicyclic) bond motifs is 1. The van der Waals surface area contributed by atoms with E-state index >= 15 is 0 Å². The molecule has 1 unspecified atom stereocenters. The fourth-order valence-electron chi connectivity index (χ4n) is 3.97. The highest BCUT2D eigenvalue weighted by Crippen LogP contribution is 2.45. The van der Waals surface area contributed by atoms with E-state index in [1.165, 1.54) is 29.8 Å². The van der Waals surface area contributed by atoms with Gasteiger partial charge in [-0.15, -0.1) is 11.3 Å². The Kier molecular flexibility index (Phi) is 5.09. The zero-order chi connectivity index (χ0) is 18.2. The van der Waals surface area contributed by atoms with Crippen molar-refractivity contribution in [3.05, 3.63) is 36.4 Å². The van der Waals surface area contributed by atoms with Crippen molar-refractivity contribution in [1.82, 2.24) is 4.98 Å². The number of benzene rings is 1. The lowest BCUT2D eigenvalue weighted by Gasteiger charge is -2.40. The van der Waals surface area contributed by atoms with Crippen LogP contribution in [0, 0.1) is 11.3 Å². The van der Waals surface area contributed by atoms with Gasteiger partial charge in [0.1, 0.15) is 0 Å². The molecule has 1 aromatic heterocycles. The molecule has 3 nitrogen and oxygen atoms in total. The molecule has 1 saturated carbocycles. The van der Waals surface area contributed by atoms with Crippen molar-refractivity contribution in [1.29, 1.82) is 0 Å². The first kappa shape index (κ1) is 18.6. The minimum atomic E-state index is -3.38. The third-order valence-electron chi connectivity index (χ3n) is 5.66. The van der Waals surface area contributed by atoms with Crippen molar-refractivity contribution in [2.24, 2.45) is 11.3 Å². The fraction of sp³-hybridized carbons (Fsp3) is 0.550. The second-order valence-corrected chi connectivity index (χ2v) is 11.5. The Balaban J connectivity index is 1.75. The summed E-state index contributed by atoms with van der Waals surface area (Å²) in [7, 11) is -3.38. The highest BCUT2D eigenvalue weighted by atomic mass is 32.2. The van der Waals surface area contributed by atoms with Crippen LogP contribution in [0.2, 0.25) is 0 Å². The number of allylic oxidation sites excluding steroid dienone is 1. The highest BCUT2D eigenvalue weighted by Gasteiger charge is 2.36. The maximum absolute atomic E-state index is 12.9. The van der Waals surface area contributed by atoms with E-state index in [1.54, 1.807) is 0 Å². The first-order valence-electron chi connectivity index (χ1n) is 8.99. The number of aromatic nitrogens is 1. The van der Waals surface area contributed by atoms with Gasteiger partial charge in [0.15, 0.2) is 0 Å². The molecule has 1 aliphatic rings. The van der Waals surface area contributed by atoms with Crippen molar-refractivity contribution in [2.75, 3.05) is 0 Å². The van der Waals surface area contributed by atoms with Gasteiger partial charge in [0.05, 0.1) is 15.5 Å². The minimum Gasteiger partial charge on any atom is -0.225 e. The number of sulfone groups is 1. The number of nitrogens with zero attached hydrogens (tertiary/aromatic N) is 1. The number of hydrogen-bond donors (Lipinski definition) is 0. The van der Waals surface area contributed by atoms with Gasteiger partial charge in [0, 0.05) is 0 Å². The highest BCUT2D eigenvalue weighted by molar-refractivity contribution is 7.94. The molecule has 0 aliphatic heterocycles. The molecular formula is C20H27NO2S2. The minimum absolute atomic E-state index is 0.217. The third-order valence-corrected chi connectivity index (χ3v) is 9.32. The van der Waals surface area contributed by atoms with Gasteiger partial charge >= 0.3 is 0 Å². The average Bonchev–Trinajstić information content (AvgIpc) is 2.98. The number of thiazole rings is 1. The summed E-state index contributed by atoms with van der Waals surface area (Å²) in [5, 5.41) is -0.418. The normalized spacial score (nSPS) is 22.2. The van der Waals surface area contributed by atoms with E-state index in [1.807, 2.05) is 31.2 Å². The van der Waals surface area contributed by atoms with E-state index in [2.05, 4.69) is 25.4 Å². The maximum atomic E-state index is 12.9. The molecular weight excluding hydrogens is 350 g/mol. The monoisotopic (exact) mass is 377 g/mol. The molecule has 1 aromatic carbocycles. The van der Waals surface area contributed by atoms with E-state index in [4.69, 9.17) is 0 Å². The topological polar surface area (TPSA) is 47.0 Å². The molecule has 0 N–H and O–H groups in total. The molecule has 0 spiro atoms. The zero-order valence-electron chi connectivity index (χ0n) is 15.3. The largest absolute Gasteiger partial charge is 0.225 e. The van der Waals surface area contributed by atoms with E-state index in [9.17, 15) is 8.42 Å². The van der Waals surface area contributed by atoms with Crippen molar-refractivity contribution < 1.29 is 8.42 Å². The van der Waals surface area contributed by atoms with E-state index in [-0.39, 0.29) is 9.75 Å². The predicted molar refractivity (Wildman–Crippen MR) is 106 cm³/mol. The van der Waals surface area contributed by atoms with Crippen molar-refractivity contribution in [3.8, 4) is 0 Å². The van der Waals surface area contributed by atoms with Gasteiger partial charge in [-0.05, 0) is 62.5 Å². The van der Waals surface area contributed by atoms with Crippen LogP contribution in [0.3, 0.4) is 0 Å². The molecule has 1 heterocycles. The average molecular weight is 378 g/mol. The predicted octanol–water partition coefficient (Wildman–Crippen LogP) is 5.62. The molecule has 136 valence electrons. The van der Waals surface area contributed by atoms with E-state index in [0.717, 1.165) is 23.1 Å². The number of hydrogen-bond acceptors (Lipinski definition) is 4. The van der Waals surface area contributed by atoms with Gasteiger partial charge in [-0.3, -0.25) is 0 Å². The lowest BCUT2D eigenvalue weighted by Crippen LogP contribution is -2.31. The van der Waals surface area contributed by atoms with Gasteiger partial charge < -0.3 is 0 Å². The second-order valence-electron chi connectivity index (χ2n) is 7.93. The third kappa shape index (κ3) is 3.68. The van der Waals surface area contributed by atoms with Crippen LogP contribution in [0.25, 0.3) is 10.2 Å². The smallest absolute Gasteiger partial charge is 0.210 e. The summed E-state index contributed by atoms with van der Waals surface area (Å²) >= 11 is 1.28. The Hall–Kier alpha value is -1.20. The van der Waals surface area contributed by atoms with Crippen molar-refractivity contribution in [3.63, 3.8) is 0 Å². The summed E-state index contributed by atoms with van der Waals surface area (Å²) in [5.74, 6) is 0.411. The molecule has 2 atom stereocenters. The molecule has 2 aromatic rings. The van der Waals surface area contributed by atoms with Gasteiger partial charge in [-0.1, -0.05) is 38.1 Å². The van der Waals surface area contributed by atoms with Crippen LogP contribution < -0.4 is 0 Å². The molecule has 25 heavy (non-hydrogen) atoms. The Labute approximate surface area is 155 Å². The van der Waals surface area contributed by atoms with Crippen LogP contribution in [0.4, 0.5) is 0 Å². The van der Waals surface area contributed by atoms with Crippen LogP contribution >= 0.6 is 11.3 Å². The van der Waals surface area contributed by atoms with Crippen molar-refractivity contribution >= 4 is 31.4 Å². The van der Waals surface area contributed by atoms with Crippen LogP contribution in [-0.2, 0) is 9.84 Å². The Morgan fingerprint density at radius 3 is 2.76 bits per heavy atom. The summed E-state index contributed by atoms with van der Waals surface area (Å²) in [6, 6.07) is 7.59. The summed E-state index contributed by atoms with van der Waals surface area (Å²) < 4.78 is 27.1. The summed E-state index contributed by atoms with van der Waals surface area (Å²) in [5.41, 5.74) is 2.27. The van der Waals surface area contributed by atoms with Crippen molar-refractivity contribution in [2.45, 2.75) is 62.5 Å². The maximum Gasteiger partial charge on any atom is 0.210 e. The molecule has 0 bridgehead atoms. The fourth-order valence-corrected chi connectivity index (χ4v) is 6.91. The molecule has 0 saturated heterocycles. The Morgan fingerprint density at radius 2 is 2.08 bits per heavy atom. The molecule has 1 fully saturated rings. The summed E-state index contributed by atoms with van der Waals surface area (Å²) in [6.07, 6.45) is 5.01. The second kappa shape index (κ2) is 6.84. The molecule has 3 rings (SSSR count). The van der Waals surface area contributed by atoms with Crippen LogP contribution in [0.5, 0.6) is 0 Å². The first-order valence-corrected chi connectivity index (χ1v) is 11.4. The van der Waals surface area contributed by atoms with Gasteiger partial charge in [-0.25, -0.2) is 13.4 Å². The lowest BCUT2D eigenvalue weighted by atomic mass is 9.65. The summed E-state index contributed by atoms with van der Waals surface area (Å²) in [6.45, 7) is 10.7. The zero-order valence-corrected chi connectivity index (χ0v) is 16.9. The molecule has 0 radical (unpaired) electrons. The van der Waals surface area contributed by atoms with Crippen LogP contribution in [-0.4, -0.2) is 18.7 Å². The number of para-hydroxylation sites is 1. The van der Waals surface area contributed by atoms with Gasteiger partial charge in [0.2, 0.25) is 14.2 Å². The van der Waals surface area contributed by atoms with Gasteiger partial charge in [-0.2, -0.15) is 0 Å². The quantitative estimate of drug-likeness (QED) is 0.635. The molecule has 0 amide bonds. The van der Waals surface area contributed by atoms with E-state index < -0.39 is 15.1 Å². The van der Waals surface area contributed by atoms with E-state index in [0.29, 0.717) is 12.3 Å². The standard InChI is InChI=1S/C20H27NO2S2/c1-14-8-7-13-20(3,4)16(14)12-11-15(2)25(22,23)19-21-17-9-5-6-10-18(17)24-19/h5-6,9-10,15-16H,1,7-8,11-13H2,2-4H3/t15?,16-/m1/s1. The SMILES string of the molecule is C=C1CCCC(C)(C)[C@@H]1CCC(C)S(=O)(=O)c1nc2ccccc2s1. The van der Waals surface area contributed by atoms with Crippen LogP contribution in [0.1, 0.15) is 52.9 Å². The first-order chi connectivity index (χ1) is 11.7. The Bertz CT molecular complexity index is 847. The number of rotatable bonds is 5. The van der Waals surface area contributed by atoms with Gasteiger partial charge in [0.25, 0.3) is 0 Å². The molecule has 1 aliphatic carbocycles. The molecule has 5 heteroatoms. The van der Waals surface area contributed by atoms with Crippen LogP contribution in [0.15, 0.2) is 40.8 Å². The summed E-state index contributed by atoms with van der Waals surface area (Å²) in [4.78, 5) is 4.36. The Morgan fingerprint density at radius 1 is 1.36 bits per heavy atom. The lowest BCUT2D eigenvalue weighted by molar-refractivity contribution is 0.177.